The third kappa shape index (κ3) is 5.35. The van der Waals surface area contributed by atoms with Gasteiger partial charge >= 0.3 is 6.03 Å². The van der Waals surface area contributed by atoms with Gasteiger partial charge in [0, 0.05) is 53.8 Å². The van der Waals surface area contributed by atoms with E-state index in [4.69, 9.17) is 11.6 Å². The van der Waals surface area contributed by atoms with E-state index >= 15 is 0 Å². The zero-order chi connectivity index (χ0) is 21.6. The predicted molar refractivity (Wildman–Crippen MR) is 125 cm³/mol. The smallest absolute Gasteiger partial charge is 0.321 e. The quantitative estimate of drug-likeness (QED) is 0.610. The van der Waals surface area contributed by atoms with Gasteiger partial charge in [-0.15, -0.1) is 0 Å². The summed E-state index contributed by atoms with van der Waals surface area (Å²) in [6, 6.07) is 23.8. The number of carbonyl (C=O) groups excluding carboxylic acids is 2. The molecule has 0 atom stereocenters. The number of hydrogen-bond acceptors (Lipinski definition) is 3. The number of benzene rings is 3. The second-order valence-corrected chi connectivity index (χ2v) is 7.72. The Hall–Kier alpha value is -3.51. The Morgan fingerprint density at radius 1 is 0.742 bits per heavy atom. The zero-order valence-electron chi connectivity index (χ0n) is 16.9. The van der Waals surface area contributed by atoms with Crippen molar-refractivity contribution in [2.24, 2.45) is 0 Å². The van der Waals surface area contributed by atoms with E-state index in [9.17, 15) is 9.59 Å². The van der Waals surface area contributed by atoms with Crippen LogP contribution in [0, 0.1) is 0 Å². The summed E-state index contributed by atoms with van der Waals surface area (Å²) < 4.78 is 0. The first-order valence-corrected chi connectivity index (χ1v) is 10.5. The summed E-state index contributed by atoms with van der Waals surface area (Å²) >= 11 is 6.08. The number of halogens is 1. The van der Waals surface area contributed by atoms with Gasteiger partial charge in [0.1, 0.15) is 0 Å². The van der Waals surface area contributed by atoms with Crippen LogP contribution in [0.4, 0.5) is 21.9 Å². The summed E-state index contributed by atoms with van der Waals surface area (Å²) in [5.74, 6) is -0.193. The highest BCUT2D eigenvalue weighted by atomic mass is 35.5. The third-order valence-corrected chi connectivity index (χ3v) is 5.41. The van der Waals surface area contributed by atoms with Crippen LogP contribution >= 0.6 is 11.6 Å². The Labute approximate surface area is 186 Å². The van der Waals surface area contributed by atoms with Gasteiger partial charge in [0.15, 0.2) is 0 Å². The predicted octanol–water partition coefficient (Wildman–Crippen LogP) is 4.95. The lowest BCUT2D eigenvalue weighted by Crippen LogP contribution is -2.50. The summed E-state index contributed by atoms with van der Waals surface area (Å²) in [5.41, 5.74) is 2.98. The van der Waals surface area contributed by atoms with Crippen LogP contribution < -0.4 is 15.5 Å². The molecule has 1 saturated heterocycles. The lowest BCUT2D eigenvalue weighted by Gasteiger charge is -2.36. The molecule has 0 aromatic heterocycles. The molecule has 1 aliphatic heterocycles. The van der Waals surface area contributed by atoms with Crippen molar-refractivity contribution in [3.05, 3.63) is 89.4 Å². The molecule has 0 aliphatic carbocycles. The standard InChI is InChI=1S/C24H23ClN4O2/c25-19-5-4-8-22(17-19)28-13-15-29(16-14-28)24(31)27-21-11-9-18(10-12-21)23(30)26-20-6-2-1-3-7-20/h1-12,17H,13-16H2,(H,26,30)(H,27,31). The average molecular weight is 435 g/mol. The molecule has 1 aliphatic rings. The zero-order valence-corrected chi connectivity index (χ0v) is 17.7. The maximum Gasteiger partial charge on any atom is 0.321 e. The number of para-hydroxylation sites is 1. The highest BCUT2D eigenvalue weighted by molar-refractivity contribution is 6.30. The van der Waals surface area contributed by atoms with Crippen LogP contribution in [-0.4, -0.2) is 43.0 Å². The first-order valence-electron chi connectivity index (χ1n) is 10.1. The summed E-state index contributed by atoms with van der Waals surface area (Å²) in [4.78, 5) is 29.0. The second-order valence-electron chi connectivity index (χ2n) is 7.28. The van der Waals surface area contributed by atoms with Crippen molar-refractivity contribution in [2.75, 3.05) is 41.7 Å². The van der Waals surface area contributed by atoms with Gasteiger partial charge < -0.3 is 20.4 Å². The molecule has 3 aromatic rings. The second kappa shape index (κ2) is 9.53. The number of nitrogens with zero attached hydrogens (tertiary/aromatic N) is 2. The molecule has 3 amide bonds. The molecule has 0 saturated carbocycles. The molecule has 4 rings (SSSR count). The van der Waals surface area contributed by atoms with Gasteiger partial charge in [-0.25, -0.2) is 4.79 Å². The van der Waals surface area contributed by atoms with E-state index in [1.165, 1.54) is 0 Å². The number of amides is 3. The van der Waals surface area contributed by atoms with Crippen molar-refractivity contribution < 1.29 is 9.59 Å². The van der Waals surface area contributed by atoms with Gasteiger partial charge in [-0.3, -0.25) is 4.79 Å². The van der Waals surface area contributed by atoms with E-state index in [0.717, 1.165) is 24.5 Å². The average Bonchev–Trinajstić information content (AvgIpc) is 2.80. The maximum absolute atomic E-state index is 12.6. The highest BCUT2D eigenvalue weighted by Crippen LogP contribution is 2.21. The normalized spacial score (nSPS) is 13.6. The van der Waals surface area contributed by atoms with Gasteiger partial charge in [-0.1, -0.05) is 35.9 Å². The Kier molecular flexibility index (Phi) is 6.38. The summed E-state index contributed by atoms with van der Waals surface area (Å²) in [7, 11) is 0. The molecule has 0 bridgehead atoms. The first-order chi connectivity index (χ1) is 15.1. The van der Waals surface area contributed by atoms with Gasteiger partial charge in [-0.05, 0) is 54.6 Å². The van der Waals surface area contributed by atoms with Crippen molar-refractivity contribution >= 4 is 40.6 Å². The van der Waals surface area contributed by atoms with E-state index in [-0.39, 0.29) is 11.9 Å². The Morgan fingerprint density at radius 2 is 1.42 bits per heavy atom. The Morgan fingerprint density at radius 3 is 2.10 bits per heavy atom. The van der Waals surface area contributed by atoms with Crippen molar-refractivity contribution in [2.45, 2.75) is 0 Å². The van der Waals surface area contributed by atoms with E-state index in [0.29, 0.717) is 29.4 Å². The minimum absolute atomic E-state index is 0.146. The molecule has 3 aromatic carbocycles. The van der Waals surface area contributed by atoms with Gasteiger partial charge in [0.2, 0.25) is 0 Å². The third-order valence-electron chi connectivity index (χ3n) is 5.17. The fourth-order valence-corrected chi connectivity index (χ4v) is 3.66. The molecule has 0 radical (unpaired) electrons. The number of rotatable bonds is 4. The van der Waals surface area contributed by atoms with Crippen LogP contribution in [0.2, 0.25) is 5.02 Å². The van der Waals surface area contributed by atoms with Gasteiger partial charge in [0.05, 0.1) is 0 Å². The molecule has 1 fully saturated rings. The lowest BCUT2D eigenvalue weighted by atomic mass is 10.2. The number of carbonyl (C=O) groups is 2. The number of nitrogens with one attached hydrogen (secondary N) is 2. The van der Waals surface area contributed by atoms with Crippen molar-refractivity contribution in [1.29, 1.82) is 0 Å². The number of anilines is 3. The Bertz CT molecular complexity index is 1050. The summed E-state index contributed by atoms with van der Waals surface area (Å²) in [6.07, 6.45) is 0. The van der Waals surface area contributed by atoms with Crippen LogP contribution in [0.3, 0.4) is 0 Å². The minimum atomic E-state index is -0.193. The number of piperazine rings is 1. The van der Waals surface area contributed by atoms with E-state index < -0.39 is 0 Å². The molecule has 7 heteroatoms. The number of urea groups is 1. The molecule has 6 nitrogen and oxygen atoms in total. The molecule has 1 heterocycles. The highest BCUT2D eigenvalue weighted by Gasteiger charge is 2.21. The van der Waals surface area contributed by atoms with Crippen molar-refractivity contribution in [3.63, 3.8) is 0 Å². The summed E-state index contributed by atoms with van der Waals surface area (Å²) in [6.45, 7) is 2.73. The molecular formula is C24H23ClN4O2. The fraction of sp³-hybridized carbons (Fsp3) is 0.167. The fourth-order valence-electron chi connectivity index (χ4n) is 3.47. The molecule has 0 unspecified atom stereocenters. The van der Waals surface area contributed by atoms with E-state index in [1.54, 1.807) is 29.2 Å². The van der Waals surface area contributed by atoms with Crippen molar-refractivity contribution in [3.8, 4) is 0 Å². The SMILES string of the molecule is O=C(Nc1ccccc1)c1ccc(NC(=O)N2CCN(c3cccc(Cl)c3)CC2)cc1. The minimum Gasteiger partial charge on any atom is -0.368 e. The van der Waals surface area contributed by atoms with Gasteiger partial charge in [0.25, 0.3) is 5.91 Å². The van der Waals surface area contributed by atoms with Crippen LogP contribution in [-0.2, 0) is 0 Å². The first kappa shape index (κ1) is 20.8. The molecule has 158 valence electrons. The van der Waals surface area contributed by atoms with Crippen LogP contribution in [0.15, 0.2) is 78.9 Å². The lowest BCUT2D eigenvalue weighted by molar-refractivity contribution is 0.102. The van der Waals surface area contributed by atoms with Crippen LogP contribution in [0.5, 0.6) is 0 Å². The van der Waals surface area contributed by atoms with Crippen LogP contribution in [0.1, 0.15) is 10.4 Å². The van der Waals surface area contributed by atoms with Crippen LogP contribution in [0.25, 0.3) is 0 Å². The molecule has 31 heavy (non-hydrogen) atoms. The van der Waals surface area contributed by atoms with E-state index in [1.807, 2.05) is 54.6 Å². The molecule has 2 N–H and O–H groups in total. The number of hydrogen-bond donors (Lipinski definition) is 2. The molecular weight excluding hydrogens is 412 g/mol. The Balaban J connectivity index is 1.29. The van der Waals surface area contributed by atoms with Gasteiger partial charge in [-0.2, -0.15) is 0 Å². The van der Waals surface area contributed by atoms with E-state index in [2.05, 4.69) is 15.5 Å². The summed E-state index contributed by atoms with van der Waals surface area (Å²) in [5, 5.41) is 6.46. The van der Waals surface area contributed by atoms with Crippen molar-refractivity contribution in [1.82, 2.24) is 4.90 Å². The molecule has 0 spiro atoms. The topological polar surface area (TPSA) is 64.7 Å². The largest absolute Gasteiger partial charge is 0.368 e. The maximum atomic E-state index is 12.6. The monoisotopic (exact) mass is 434 g/mol.